The van der Waals surface area contributed by atoms with Crippen LogP contribution in [-0.4, -0.2) is 42.7 Å². The van der Waals surface area contributed by atoms with E-state index in [1.807, 2.05) is 37.3 Å². The third-order valence-corrected chi connectivity index (χ3v) is 9.82. The van der Waals surface area contributed by atoms with Crippen LogP contribution >= 0.6 is 0 Å². The average molecular weight is 554 g/mol. The summed E-state index contributed by atoms with van der Waals surface area (Å²) < 4.78 is 16.4. The summed E-state index contributed by atoms with van der Waals surface area (Å²) in [5, 5.41) is 1.11. The summed E-state index contributed by atoms with van der Waals surface area (Å²) in [5.74, 6) is -1.25. The molecule has 2 fully saturated rings. The number of cyclic esters (lactones) is 1. The molecule has 0 unspecified atom stereocenters. The number of ether oxygens (including phenoxy) is 3. The van der Waals surface area contributed by atoms with E-state index in [0.29, 0.717) is 17.6 Å². The Morgan fingerprint density at radius 2 is 1.85 bits per heavy atom. The number of carbonyl (C=O) groups excluding carboxylic acids is 3. The van der Waals surface area contributed by atoms with E-state index in [2.05, 4.69) is 24.6 Å². The Kier molecular flexibility index (Phi) is 6.63. The molecular weight excluding hydrogens is 518 g/mol. The van der Waals surface area contributed by atoms with E-state index in [4.69, 9.17) is 14.2 Å². The van der Waals surface area contributed by atoms with Gasteiger partial charge in [0.15, 0.2) is 6.10 Å². The summed E-state index contributed by atoms with van der Waals surface area (Å²) in [6, 6.07) is 16.9. The van der Waals surface area contributed by atoms with Crippen molar-refractivity contribution in [2.24, 2.45) is 17.3 Å². The molecule has 1 saturated heterocycles. The van der Waals surface area contributed by atoms with Crippen LogP contribution in [0.4, 0.5) is 0 Å². The smallest absolute Gasteiger partial charge is 0.338 e. The lowest BCUT2D eigenvalue weighted by molar-refractivity contribution is -0.155. The Morgan fingerprint density at radius 1 is 1.12 bits per heavy atom. The maximum Gasteiger partial charge on any atom is 0.338 e. The van der Waals surface area contributed by atoms with Gasteiger partial charge in [-0.2, -0.15) is 0 Å². The molecule has 6 rings (SSSR count). The van der Waals surface area contributed by atoms with E-state index in [1.54, 1.807) is 24.3 Å². The van der Waals surface area contributed by atoms with Crippen LogP contribution < -0.4 is 0 Å². The van der Waals surface area contributed by atoms with Crippen LogP contribution in [0.25, 0.3) is 10.9 Å². The second-order valence-corrected chi connectivity index (χ2v) is 12.0. The molecule has 2 aliphatic carbocycles. The normalized spacial score (nSPS) is 30.0. The van der Waals surface area contributed by atoms with Gasteiger partial charge in [0.25, 0.3) is 0 Å². The number of esters is 3. The summed E-state index contributed by atoms with van der Waals surface area (Å²) in [6.45, 7) is 8.71. The van der Waals surface area contributed by atoms with Gasteiger partial charge in [0, 0.05) is 16.6 Å². The van der Waals surface area contributed by atoms with Crippen LogP contribution in [0.5, 0.6) is 0 Å². The summed E-state index contributed by atoms with van der Waals surface area (Å²) in [7, 11) is 1.45. The lowest BCUT2D eigenvalue weighted by Gasteiger charge is -2.57. The monoisotopic (exact) mass is 553 g/mol. The molecule has 41 heavy (non-hydrogen) atoms. The van der Waals surface area contributed by atoms with Crippen molar-refractivity contribution in [3.63, 3.8) is 0 Å². The molecule has 0 radical (unpaired) electrons. The van der Waals surface area contributed by atoms with Crippen LogP contribution in [0.2, 0.25) is 0 Å². The van der Waals surface area contributed by atoms with Crippen molar-refractivity contribution < 1.29 is 28.6 Å². The number of hydrogen-bond donors (Lipinski definition) is 1. The van der Waals surface area contributed by atoms with Crippen LogP contribution in [0.3, 0.4) is 0 Å². The van der Waals surface area contributed by atoms with Crippen LogP contribution in [0.1, 0.15) is 54.7 Å². The number of benzene rings is 2. The predicted molar refractivity (Wildman–Crippen MR) is 154 cm³/mol. The number of aromatic nitrogens is 1. The van der Waals surface area contributed by atoms with Gasteiger partial charge in [0.2, 0.25) is 0 Å². The van der Waals surface area contributed by atoms with Gasteiger partial charge in [0.1, 0.15) is 12.0 Å². The maximum atomic E-state index is 13.6. The number of aromatic amines is 1. The molecule has 1 aliphatic heterocycles. The van der Waals surface area contributed by atoms with Gasteiger partial charge in [-0.15, -0.1) is 0 Å². The number of carbonyl (C=O) groups is 3. The molecule has 212 valence electrons. The quantitative estimate of drug-likeness (QED) is 0.185. The fourth-order valence-electron chi connectivity index (χ4n) is 7.80. The Balaban J connectivity index is 1.36. The molecule has 1 aromatic heterocycles. The highest BCUT2D eigenvalue weighted by molar-refractivity contribution is 5.94. The fourth-order valence-corrected chi connectivity index (χ4v) is 7.80. The van der Waals surface area contributed by atoms with Gasteiger partial charge >= 0.3 is 17.9 Å². The van der Waals surface area contributed by atoms with E-state index in [-0.39, 0.29) is 29.8 Å². The molecule has 7 nitrogen and oxygen atoms in total. The third kappa shape index (κ3) is 4.21. The van der Waals surface area contributed by atoms with Crippen molar-refractivity contribution in [3.8, 4) is 0 Å². The zero-order valence-corrected chi connectivity index (χ0v) is 23.7. The first-order valence-corrected chi connectivity index (χ1v) is 14.2. The first-order valence-electron chi connectivity index (χ1n) is 14.2. The Hall–Kier alpha value is -4.13. The number of fused-ring (bicyclic) bond motifs is 4. The minimum atomic E-state index is -0.873. The first-order chi connectivity index (χ1) is 19.7. The van der Waals surface area contributed by atoms with Gasteiger partial charge in [-0.1, -0.05) is 61.5 Å². The van der Waals surface area contributed by atoms with E-state index in [9.17, 15) is 14.4 Å². The van der Waals surface area contributed by atoms with Gasteiger partial charge in [-0.3, -0.25) is 4.79 Å². The molecule has 7 heteroatoms. The molecular formula is C34H35NO6. The third-order valence-electron chi connectivity index (χ3n) is 9.82. The SMILES string of the molecule is C=C1CC[C@H]2[C@@](C)(Cc3c([nH]c4ccccc34)[C@@]2(C)C(=O)OC)[C@@H]1C/C=C1/C(=O)OC[C@H]1OC(=O)c1ccccc1. The lowest BCUT2D eigenvalue weighted by Crippen LogP contribution is -2.57. The Morgan fingerprint density at radius 3 is 2.61 bits per heavy atom. The molecule has 0 spiro atoms. The van der Waals surface area contributed by atoms with Crippen molar-refractivity contribution in [3.05, 3.63) is 95.2 Å². The highest BCUT2D eigenvalue weighted by Crippen LogP contribution is 2.62. The topological polar surface area (TPSA) is 94.7 Å². The molecule has 0 amide bonds. The molecule has 3 aliphatic rings. The number of rotatable bonds is 5. The molecule has 1 saturated carbocycles. The largest absolute Gasteiger partial charge is 0.468 e. The zero-order valence-electron chi connectivity index (χ0n) is 23.7. The maximum absolute atomic E-state index is 13.6. The Bertz CT molecular complexity index is 1580. The van der Waals surface area contributed by atoms with E-state index >= 15 is 0 Å². The summed E-state index contributed by atoms with van der Waals surface area (Å²) in [5.41, 5.74) is 3.73. The first kappa shape index (κ1) is 27.1. The van der Waals surface area contributed by atoms with E-state index in [0.717, 1.165) is 47.0 Å². The van der Waals surface area contributed by atoms with Gasteiger partial charge < -0.3 is 19.2 Å². The summed E-state index contributed by atoms with van der Waals surface area (Å²) in [6.07, 6.45) is 3.94. The van der Waals surface area contributed by atoms with Gasteiger partial charge in [-0.25, -0.2) is 9.59 Å². The number of methoxy groups -OCH3 is 1. The average Bonchev–Trinajstić information content (AvgIpc) is 3.52. The molecule has 3 aromatic rings. The van der Waals surface area contributed by atoms with Crippen LogP contribution in [-0.2, 0) is 35.6 Å². The van der Waals surface area contributed by atoms with E-state index < -0.39 is 23.5 Å². The van der Waals surface area contributed by atoms with Crippen molar-refractivity contribution in [2.45, 2.75) is 51.0 Å². The second kappa shape index (κ2) is 10.1. The lowest BCUT2D eigenvalue weighted by atomic mass is 9.46. The van der Waals surface area contributed by atoms with E-state index in [1.165, 1.54) is 7.11 Å². The minimum Gasteiger partial charge on any atom is -0.468 e. The fraction of sp³-hybridized carbons (Fsp3) is 0.382. The molecule has 2 aromatic carbocycles. The highest BCUT2D eigenvalue weighted by Gasteiger charge is 2.61. The standard InChI is InChI=1S/C34H35NO6/c1-20-14-17-28-33(2,18-24-22-12-8-9-13-26(22)35-29(24)34(28,3)32(38)39-4)25(20)16-15-23-27(19-40-31(23)37)41-30(36)21-10-6-5-7-11-21/h5-13,15,25,27-28,35H,1,14,16-19H2,2-4H3/b23-15+/t25-,27-,28+,33+,34+/m1/s1. The molecule has 2 heterocycles. The highest BCUT2D eigenvalue weighted by atomic mass is 16.6. The zero-order chi connectivity index (χ0) is 28.9. The summed E-state index contributed by atoms with van der Waals surface area (Å²) >= 11 is 0. The predicted octanol–water partition coefficient (Wildman–Crippen LogP) is 5.84. The van der Waals surface area contributed by atoms with Crippen molar-refractivity contribution in [2.75, 3.05) is 13.7 Å². The van der Waals surface area contributed by atoms with Crippen molar-refractivity contribution in [1.29, 1.82) is 0 Å². The van der Waals surface area contributed by atoms with Crippen LogP contribution in [0, 0.1) is 17.3 Å². The van der Waals surface area contributed by atoms with Gasteiger partial charge in [-0.05, 0) is 73.6 Å². The van der Waals surface area contributed by atoms with Crippen molar-refractivity contribution in [1.82, 2.24) is 4.98 Å². The molecule has 5 atom stereocenters. The summed E-state index contributed by atoms with van der Waals surface area (Å²) in [4.78, 5) is 42.7. The number of allylic oxidation sites excluding steroid dienone is 2. The second-order valence-electron chi connectivity index (χ2n) is 12.0. The van der Waals surface area contributed by atoms with Crippen molar-refractivity contribution >= 4 is 28.8 Å². The van der Waals surface area contributed by atoms with Crippen LogP contribution in [0.15, 0.2) is 78.4 Å². The Labute approximate surface area is 239 Å². The number of hydrogen-bond acceptors (Lipinski definition) is 6. The minimum absolute atomic E-state index is 0.00609. The molecule has 0 bridgehead atoms. The number of H-pyrrole nitrogens is 1. The van der Waals surface area contributed by atoms with Gasteiger partial charge in [0.05, 0.1) is 18.2 Å². The molecule has 1 N–H and O–H groups in total. The number of nitrogens with one attached hydrogen (secondary N) is 1. The number of para-hydroxylation sites is 1.